The smallest absolute Gasteiger partial charge is 0.407 e. The minimum Gasteiger partial charge on any atom is -0.444 e. The van der Waals surface area contributed by atoms with Gasteiger partial charge in [-0.15, -0.1) is 0 Å². The Bertz CT molecular complexity index is 533. The van der Waals surface area contributed by atoms with E-state index in [0.29, 0.717) is 24.1 Å². The number of halogens is 1. The Labute approximate surface area is 142 Å². The van der Waals surface area contributed by atoms with Crippen LogP contribution in [-0.4, -0.2) is 45.7 Å². The van der Waals surface area contributed by atoms with Crippen molar-refractivity contribution in [3.63, 3.8) is 0 Å². The number of nitrogens with one attached hydrogen (secondary N) is 1. The van der Waals surface area contributed by atoms with Crippen LogP contribution in [0.4, 0.5) is 4.79 Å². The zero-order valence-electron chi connectivity index (χ0n) is 14.0. The summed E-state index contributed by atoms with van der Waals surface area (Å²) in [5, 5.41) is 3.32. The van der Waals surface area contributed by atoms with Gasteiger partial charge < -0.3 is 10.1 Å². The molecule has 7 heteroatoms. The molecule has 23 heavy (non-hydrogen) atoms. The molecule has 0 saturated carbocycles. The molecule has 1 fully saturated rings. The summed E-state index contributed by atoms with van der Waals surface area (Å²) in [6, 6.07) is 1.93. The van der Waals surface area contributed by atoms with Gasteiger partial charge >= 0.3 is 6.09 Å². The maximum atomic E-state index is 11.8. The van der Waals surface area contributed by atoms with Gasteiger partial charge in [0, 0.05) is 18.8 Å². The zero-order chi connectivity index (χ0) is 16.9. The van der Waals surface area contributed by atoms with Gasteiger partial charge in [-0.25, -0.2) is 14.8 Å². The summed E-state index contributed by atoms with van der Waals surface area (Å²) in [5.74, 6) is 0.710. The lowest BCUT2D eigenvalue weighted by Crippen LogP contribution is -2.47. The maximum absolute atomic E-state index is 11.8. The fraction of sp³-hybridized carbons (Fsp3) is 0.688. The molecular weight excluding hydrogens is 316 g/mol. The normalized spacial score (nSPS) is 19.4. The van der Waals surface area contributed by atoms with E-state index in [0.717, 1.165) is 25.8 Å². The molecule has 0 aromatic carbocycles. The van der Waals surface area contributed by atoms with Crippen LogP contribution >= 0.6 is 11.6 Å². The molecule has 1 unspecified atom stereocenters. The number of nitrogens with zero attached hydrogens (tertiary/aromatic N) is 3. The number of amides is 1. The number of ether oxygens (including phenoxy) is 1. The molecule has 6 nitrogen and oxygen atoms in total. The Morgan fingerprint density at radius 1 is 1.48 bits per heavy atom. The third-order valence-corrected chi connectivity index (χ3v) is 3.86. The van der Waals surface area contributed by atoms with Crippen molar-refractivity contribution in [3.05, 3.63) is 23.2 Å². The van der Waals surface area contributed by atoms with E-state index in [4.69, 9.17) is 16.3 Å². The van der Waals surface area contributed by atoms with Gasteiger partial charge in [0.25, 0.3) is 0 Å². The van der Waals surface area contributed by atoms with Crippen LogP contribution in [0.3, 0.4) is 0 Å². The van der Waals surface area contributed by atoms with Crippen LogP contribution in [-0.2, 0) is 11.3 Å². The molecule has 0 bridgehead atoms. The molecule has 1 aromatic rings. The second-order valence-corrected chi connectivity index (χ2v) is 7.19. The number of hydrogen-bond acceptors (Lipinski definition) is 5. The first-order chi connectivity index (χ1) is 10.8. The average Bonchev–Trinajstić information content (AvgIpc) is 2.44. The van der Waals surface area contributed by atoms with Gasteiger partial charge in [0.1, 0.15) is 16.6 Å². The number of piperidine rings is 1. The van der Waals surface area contributed by atoms with Gasteiger partial charge in [-0.1, -0.05) is 18.0 Å². The van der Waals surface area contributed by atoms with Crippen molar-refractivity contribution >= 4 is 17.7 Å². The van der Waals surface area contributed by atoms with Crippen LogP contribution in [0, 0.1) is 0 Å². The lowest BCUT2D eigenvalue weighted by atomic mass is 10.0. The number of hydrogen-bond donors (Lipinski definition) is 1. The molecule has 1 aromatic heterocycles. The second-order valence-electron chi connectivity index (χ2n) is 6.80. The van der Waals surface area contributed by atoms with Crippen molar-refractivity contribution in [2.75, 3.05) is 13.1 Å². The molecule has 1 aliphatic rings. The second kappa shape index (κ2) is 7.93. The number of carbonyl (C=O) groups is 1. The molecule has 0 radical (unpaired) electrons. The number of likely N-dealkylation sites (tertiary alicyclic amines) is 1. The van der Waals surface area contributed by atoms with Gasteiger partial charge in [-0.05, 0) is 46.2 Å². The van der Waals surface area contributed by atoms with Crippen LogP contribution in [0.15, 0.2) is 12.3 Å². The summed E-state index contributed by atoms with van der Waals surface area (Å²) in [7, 11) is 0. The van der Waals surface area contributed by atoms with E-state index in [1.165, 1.54) is 0 Å². The van der Waals surface area contributed by atoms with Crippen LogP contribution in [0.5, 0.6) is 0 Å². The van der Waals surface area contributed by atoms with Crippen LogP contribution < -0.4 is 5.32 Å². The molecular formula is C16H25ClN4O2. The molecule has 1 atom stereocenters. The molecule has 2 rings (SSSR count). The summed E-state index contributed by atoms with van der Waals surface area (Å²) < 4.78 is 5.29. The number of rotatable bonds is 4. The molecule has 1 aliphatic heterocycles. The highest BCUT2D eigenvalue weighted by Crippen LogP contribution is 2.19. The monoisotopic (exact) mass is 340 g/mol. The molecule has 1 N–H and O–H groups in total. The van der Waals surface area contributed by atoms with Crippen molar-refractivity contribution in [3.8, 4) is 0 Å². The van der Waals surface area contributed by atoms with Crippen LogP contribution in [0.2, 0.25) is 5.15 Å². The number of alkyl carbamates (subject to hydrolysis) is 1. The molecule has 0 spiro atoms. The van der Waals surface area contributed by atoms with Gasteiger partial charge in [-0.2, -0.15) is 0 Å². The highest BCUT2D eigenvalue weighted by atomic mass is 35.5. The predicted molar refractivity (Wildman–Crippen MR) is 89.3 cm³/mol. The highest BCUT2D eigenvalue weighted by Gasteiger charge is 2.25. The molecule has 128 valence electrons. The van der Waals surface area contributed by atoms with E-state index < -0.39 is 5.60 Å². The van der Waals surface area contributed by atoms with Crippen LogP contribution in [0.1, 0.15) is 45.9 Å². The minimum atomic E-state index is -0.481. The summed E-state index contributed by atoms with van der Waals surface area (Å²) in [6.45, 7) is 7.75. The molecule has 1 amide bonds. The highest BCUT2D eigenvalue weighted by molar-refractivity contribution is 6.29. The predicted octanol–water partition coefficient (Wildman–Crippen LogP) is 3.01. The summed E-state index contributed by atoms with van der Waals surface area (Å²) >= 11 is 5.92. The first-order valence-electron chi connectivity index (χ1n) is 8.02. The van der Waals surface area contributed by atoms with Gasteiger partial charge in [0.05, 0.1) is 6.54 Å². The first-order valence-corrected chi connectivity index (χ1v) is 8.39. The largest absolute Gasteiger partial charge is 0.444 e. The Morgan fingerprint density at radius 3 is 2.96 bits per heavy atom. The van der Waals surface area contributed by atoms with Crippen LogP contribution in [0.25, 0.3) is 0 Å². The third kappa shape index (κ3) is 6.31. The molecule has 1 saturated heterocycles. The van der Waals surface area contributed by atoms with Gasteiger partial charge in [0.2, 0.25) is 0 Å². The minimum absolute atomic E-state index is 0.263. The number of carbonyl (C=O) groups excluding carboxylic acids is 1. The van der Waals surface area contributed by atoms with Crippen molar-refractivity contribution in [2.24, 2.45) is 0 Å². The number of aromatic nitrogens is 2. The molecule has 0 aliphatic carbocycles. The zero-order valence-corrected chi connectivity index (χ0v) is 14.8. The Hall–Kier alpha value is -1.40. The average molecular weight is 341 g/mol. The fourth-order valence-electron chi connectivity index (χ4n) is 2.65. The Kier molecular flexibility index (Phi) is 6.18. The fourth-order valence-corrected chi connectivity index (χ4v) is 2.80. The summed E-state index contributed by atoms with van der Waals surface area (Å²) in [4.78, 5) is 22.6. The lowest BCUT2D eigenvalue weighted by molar-refractivity contribution is 0.0491. The van der Waals surface area contributed by atoms with Crippen molar-refractivity contribution in [2.45, 2.75) is 58.2 Å². The lowest BCUT2D eigenvalue weighted by Gasteiger charge is -2.35. The first kappa shape index (κ1) is 17.9. The van der Waals surface area contributed by atoms with E-state index in [2.05, 4.69) is 20.2 Å². The van der Waals surface area contributed by atoms with E-state index in [1.54, 1.807) is 12.3 Å². The van der Waals surface area contributed by atoms with E-state index >= 15 is 0 Å². The van der Waals surface area contributed by atoms with E-state index in [-0.39, 0.29) is 12.1 Å². The Morgan fingerprint density at radius 2 is 2.26 bits per heavy atom. The van der Waals surface area contributed by atoms with Crippen molar-refractivity contribution in [1.82, 2.24) is 20.2 Å². The van der Waals surface area contributed by atoms with E-state index in [1.807, 2.05) is 20.8 Å². The quantitative estimate of drug-likeness (QED) is 0.853. The van der Waals surface area contributed by atoms with Gasteiger partial charge in [-0.3, -0.25) is 4.90 Å². The summed E-state index contributed by atoms with van der Waals surface area (Å²) in [5.41, 5.74) is -0.481. The van der Waals surface area contributed by atoms with Crippen molar-refractivity contribution < 1.29 is 9.53 Å². The third-order valence-electron chi connectivity index (χ3n) is 3.65. The standard InChI is InChI=1S/C16H25ClN4O2/c1-16(2,3)23-15(22)19-10-12-6-4-5-9-21(12)11-14-18-8-7-13(17)20-14/h7-8,12H,4-6,9-11H2,1-3H3,(H,19,22). The topological polar surface area (TPSA) is 67.3 Å². The maximum Gasteiger partial charge on any atom is 0.407 e. The van der Waals surface area contributed by atoms with E-state index in [9.17, 15) is 4.79 Å². The van der Waals surface area contributed by atoms with Crippen molar-refractivity contribution in [1.29, 1.82) is 0 Å². The Balaban J connectivity index is 1.89. The summed E-state index contributed by atoms with van der Waals surface area (Å²) in [6.07, 6.45) is 4.64. The SMILES string of the molecule is CC(C)(C)OC(=O)NCC1CCCCN1Cc1nccc(Cl)n1. The molecule has 2 heterocycles. The van der Waals surface area contributed by atoms with Gasteiger partial charge in [0.15, 0.2) is 0 Å².